The number of hydrogen-bond acceptors (Lipinski definition) is 4. The Balaban J connectivity index is 2.12. The number of hydrogen-bond donors (Lipinski definition) is 1. The van der Waals surface area contributed by atoms with Gasteiger partial charge in [-0.3, -0.25) is 0 Å². The molecular weight excluding hydrogens is 188 g/mol. The zero-order chi connectivity index (χ0) is 10.7. The van der Waals surface area contributed by atoms with Crippen LogP contribution in [-0.2, 0) is 0 Å². The average molecular weight is 206 g/mol. The van der Waals surface area contributed by atoms with Crippen molar-refractivity contribution in [3.8, 4) is 0 Å². The third-order valence-corrected chi connectivity index (χ3v) is 2.96. The Labute approximate surface area is 90.5 Å². The van der Waals surface area contributed by atoms with Crippen molar-refractivity contribution in [2.45, 2.75) is 32.2 Å². The molecule has 1 aromatic rings. The number of rotatable bonds is 4. The summed E-state index contributed by atoms with van der Waals surface area (Å²) in [7, 11) is 0. The molecule has 82 valence electrons. The molecule has 1 aliphatic carbocycles. The second-order valence-corrected chi connectivity index (χ2v) is 4.10. The van der Waals surface area contributed by atoms with Crippen molar-refractivity contribution in [3.05, 3.63) is 17.8 Å². The first kappa shape index (κ1) is 10.4. The number of nitrogens with zero attached hydrogens (tertiary/aromatic N) is 3. The molecule has 2 rings (SSSR count). The molecule has 0 unspecified atom stereocenters. The molecule has 1 fully saturated rings. The maximum atomic E-state index is 5.62. The van der Waals surface area contributed by atoms with Gasteiger partial charge >= 0.3 is 0 Å². The van der Waals surface area contributed by atoms with Crippen LogP contribution in [0.25, 0.3) is 0 Å². The van der Waals surface area contributed by atoms with Crippen molar-refractivity contribution < 1.29 is 0 Å². The Morgan fingerprint density at radius 2 is 2.20 bits per heavy atom. The van der Waals surface area contributed by atoms with Crippen molar-refractivity contribution >= 4 is 5.82 Å². The van der Waals surface area contributed by atoms with Gasteiger partial charge in [-0.25, -0.2) is 0 Å². The topological polar surface area (TPSA) is 55.0 Å². The summed E-state index contributed by atoms with van der Waals surface area (Å²) in [5, 5.41) is 8.31. The van der Waals surface area contributed by atoms with Gasteiger partial charge in [-0.2, -0.15) is 5.10 Å². The van der Waals surface area contributed by atoms with Gasteiger partial charge in [0.1, 0.15) is 0 Å². The van der Waals surface area contributed by atoms with Crippen molar-refractivity contribution in [2.24, 2.45) is 5.73 Å². The number of aryl methyl sites for hydroxylation is 1. The lowest BCUT2D eigenvalue weighted by Gasteiger charge is -2.37. The van der Waals surface area contributed by atoms with E-state index >= 15 is 0 Å². The monoisotopic (exact) mass is 206 g/mol. The molecule has 4 heteroatoms. The highest BCUT2D eigenvalue weighted by molar-refractivity contribution is 5.39. The zero-order valence-corrected chi connectivity index (χ0v) is 9.19. The minimum Gasteiger partial charge on any atom is -0.351 e. The molecule has 0 aliphatic heterocycles. The fourth-order valence-corrected chi connectivity index (χ4v) is 1.87. The minimum absolute atomic E-state index is 0.630. The third kappa shape index (κ3) is 2.26. The van der Waals surface area contributed by atoms with E-state index in [9.17, 15) is 0 Å². The fourth-order valence-electron chi connectivity index (χ4n) is 1.87. The van der Waals surface area contributed by atoms with Crippen molar-refractivity contribution in [3.63, 3.8) is 0 Å². The highest BCUT2D eigenvalue weighted by Crippen LogP contribution is 2.27. The fraction of sp³-hybridized carbons (Fsp3) is 0.636. The Hall–Kier alpha value is -1.16. The van der Waals surface area contributed by atoms with Crippen molar-refractivity contribution in [1.82, 2.24) is 10.2 Å². The lowest BCUT2D eigenvalue weighted by Crippen LogP contribution is -2.43. The maximum absolute atomic E-state index is 5.62. The summed E-state index contributed by atoms with van der Waals surface area (Å²) in [5.41, 5.74) is 6.58. The van der Waals surface area contributed by atoms with Crippen LogP contribution in [0.15, 0.2) is 12.1 Å². The van der Waals surface area contributed by atoms with E-state index in [-0.39, 0.29) is 0 Å². The first-order valence-corrected chi connectivity index (χ1v) is 5.58. The lowest BCUT2D eigenvalue weighted by atomic mass is 9.91. The van der Waals surface area contributed by atoms with E-state index in [1.807, 2.05) is 19.1 Å². The molecule has 0 atom stereocenters. The van der Waals surface area contributed by atoms with Gasteiger partial charge in [0.2, 0.25) is 0 Å². The van der Waals surface area contributed by atoms with Crippen molar-refractivity contribution in [2.75, 3.05) is 18.0 Å². The van der Waals surface area contributed by atoms with Crippen LogP contribution in [0.5, 0.6) is 0 Å². The summed E-state index contributed by atoms with van der Waals surface area (Å²) in [6, 6.07) is 4.67. The van der Waals surface area contributed by atoms with E-state index in [4.69, 9.17) is 5.73 Å². The molecule has 0 radical (unpaired) electrons. The average Bonchev–Trinajstić information content (AvgIpc) is 2.16. The van der Waals surface area contributed by atoms with Gasteiger partial charge in [-0.05, 0) is 38.3 Å². The lowest BCUT2D eigenvalue weighted by molar-refractivity contribution is 0.385. The van der Waals surface area contributed by atoms with E-state index in [2.05, 4.69) is 15.1 Å². The normalized spacial score (nSPS) is 16.1. The Morgan fingerprint density at radius 3 is 2.67 bits per heavy atom. The second kappa shape index (κ2) is 4.57. The highest BCUT2D eigenvalue weighted by atomic mass is 15.3. The quantitative estimate of drug-likeness (QED) is 0.801. The molecule has 1 saturated carbocycles. The van der Waals surface area contributed by atoms with Crippen LogP contribution in [0, 0.1) is 6.92 Å². The summed E-state index contributed by atoms with van der Waals surface area (Å²) in [6.07, 6.45) is 3.84. The smallest absolute Gasteiger partial charge is 0.151 e. The molecule has 0 spiro atoms. The Morgan fingerprint density at radius 1 is 1.40 bits per heavy atom. The zero-order valence-electron chi connectivity index (χ0n) is 9.19. The molecule has 0 bridgehead atoms. The molecule has 1 heterocycles. The SMILES string of the molecule is Cc1ccc(N(CCN)C2CCC2)nn1. The van der Waals surface area contributed by atoms with Crippen LogP contribution < -0.4 is 10.6 Å². The molecule has 0 saturated heterocycles. The van der Waals surface area contributed by atoms with Crippen LogP contribution >= 0.6 is 0 Å². The largest absolute Gasteiger partial charge is 0.351 e. The second-order valence-electron chi connectivity index (χ2n) is 4.10. The predicted octanol–water partition coefficient (Wildman–Crippen LogP) is 1.10. The Bertz CT molecular complexity index is 305. The van der Waals surface area contributed by atoms with E-state index in [1.54, 1.807) is 0 Å². The highest BCUT2D eigenvalue weighted by Gasteiger charge is 2.25. The summed E-state index contributed by atoms with van der Waals surface area (Å²) < 4.78 is 0. The molecule has 1 aromatic heterocycles. The molecule has 0 amide bonds. The first-order chi connectivity index (χ1) is 7.31. The van der Waals surface area contributed by atoms with Gasteiger partial charge < -0.3 is 10.6 Å². The van der Waals surface area contributed by atoms with Gasteiger partial charge in [-0.1, -0.05) is 0 Å². The van der Waals surface area contributed by atoms with Crippen LogP contribution in [0.2, 0.25) is 0 Å². The molecule has 0 aromatic carbocycles. The molecule has 1 aliphatic rings. The standard InChI is InChI=1S/C11H18N4/c1-9-5-6-11(14-13-9)15(8-7-12)10-3-2-4-10/h5-6,10H,2-4,7-8,12H2,1H3. The van der Waals surface area contributed by atoms with Gasteiger partial charge in [0.25, 0.3) is 0 Å². The van der Waals surface area contributed by atoms with Crippen LogP contribution in [0.1, 0.15) is 25.0 Å². The molecule has 4 nitrogen and oxygen atoms in total. The van der Waals surface area contributed by atoms with E-state index in [1.165, 1.54) is 19.3 Å². The van der Waals surface area contributed by atoms with Gasteiger partial charge in [-0.15, -0.1) is 5.10 Å². The number of nitrogens with two attached hydrogens (primary N) is 1. The molecule has 15 heavy (non-hydrogen) atoms. The summed E-state index contributed by atoms with van der Waals surface area (Å²) in [6.45, 7) is 3.50. The van der Waals surface area contributed by atoms with Gasteiger partial charge in [0.05, 0.1) is 5.69 Å². The molecule has 2 N–H and O–H groups in total. The first-order valence-electron chi connectivity index (χ1n) is 5.58. The van der Waals surface area contributed by atoms with Crippen molar-refractivity contribution in [1.29, 1.82) is 0 Å². The van der Waals surface area contributed by atoms with Crippen LogP contribution in [-0.4, -0.2) is 29.3 Å². The molecular formula is C11H18N4. The Kier molecular flexibility index (Phi) is 3.16. The summed E-state index contributed by atoms with van der Waals surface area (Å²) >= 11 is 0. The van der Waals surface area contributed by atoms with Crippen LogP contribution in [0.3, 0.4) is 0 Å². The summed E-state index contributed by atoms with van der Waals surface area (Å²) in [4.78, 5) is 2.29. The third-order valence-electron chi connectivity index (χ3n) is 2.96. The van der Waals surface area contributed by atoms with E-state index < -0.39 is 0 Å². The number of anilines is 1. The summed E-state index contributed by atoms with van der Waals surface area (Å²) in [5.74, 6) is 0.968. The van der Waals surface area contributed by atoms with Crippen LogP contribution in [0.4, 0.5) is 5.82 Å². The van der Waals surface area contributed by atoms with Gasteiger partial charge in [0, 0.05) is 19.1 Å². The van der Waals surface area contributed by atoms with E-state index in [0.717, 1.165) is 18.1 Å². The number of aromatic nitrogens is 2. The predicted molar refractivity (Wildman–Crippen MR) is 60.8 cm³/mol. The maximum Gasteiger partial charge on any atom is 0.151 e. The van der Waals surface area contributed by atoms with Gasteiger partial charge in [0.15, 0.2) is 5.82 Å². The van der Waals surface area contributed by atoms with E-state index in [0.29, 0.717) is 12.6 Å². The minimum atomic E-state index is 0.630.